The van der Waals surface area contributed by atoms with Gasteiger partial charge in [-0.3, -0.25) is 20.4 Å². The summed E-state index contributed by atoms with van der Waals surface area (Å²) in [5, 5.41) is 0.915. The van der Waals surface area contributed by atoms with Gasteiger partial charge in [0.25, 0.3) is 11.8 Å². The van der Waals surface area contributed by atoms with Crippen LogP contribution in [0.5, 0.6) is 5.75 Å². The lowest BCUT2D eigenvalue weighted by Gasteiger charge is -2.09. The van der Waals surface area contributed by atoms with Crippen LogP contribution in [0.1, 0.15) is 51.1 Å². The molecule has 1 fully saturated rings. The molecule has 3 aromatic rings. The lowest BCUT2D eigenvalue weighted by Crippen LogP contribution is -2.43. The van der Waals surface area contributed by atoms with Gasteiger partial charge in [0.05, 0.1) is 10.6 Å². The van der Waals surface area contributed by atoms with E-state index in [1.807, 2.05) is 39.0 Å². The third kappa shape index (κ3) is 4.22. The summed E-state index contributed by atoms with van der Waals surface area (Å²) >= 11 is 1.32. The molecule has 0 radical (unpaired) electrons. The summed E-state index contributed by atoms with van der Waals surface area (Å²) in [6.45, 7) is 5.58. The van der Waals surface area contributed by atoms with E-state index in [0.29, 0.717) is 16.5 Å². The molecular weight excluding hydrogens is 388 g/mol. The van der Waals surface area contributed by atoms with E-state index >= 15 is 0 Å². The number of amides is 2. The Morgan fingerprint density at radius 2 is 1.97 bits per heavy atom. The monoisotopic (exact) mass is 410 g/mol. The third-order valence-corrected chi connectivity index (χ3v) is 6.00. The largest absolute Gasteiger partial charge is 0.484 e. The number of aryl methyl sites for hydroxylation is 3. The molecule has 0 unspecified atom stereocenters. The molecular formula is C21H22N4O3S. The maximum absolute atomic E-state index is 12.6. The minimum absolute atomic E-state index is 0.190. The smallest absolute Gasteiger partial charge is 0.280 e. The fourth-order valence-electron chi connectivity index (χ4n) is 3.17. The van der Waals surface area contributed by atoms with E-state index in [1.54, 1.807) is 6.07 Å². The number of nitrogens with one attached hydrogen (secondary N) is 2. The molecule has 2 amide bonds. The van der Waals surface area contributed by atoms with Crippen LogP contribution in [-0.4, -0.2) is 28.4 Å². The van der Waals surface area contributed by atoms with Crippen LogP contribution in [0.4, 0.5) is 0 Å². The van der Waals surface area contributed by atoms with Crippen LogP contribution in [0.2, 0.25) is 0 Å². The van der Waals surface area contributed by atoms with Gasteiger partial charge < -0.3 is 4.74 Å². The first-order valence-electron chi connectivity index (χ1n) is 9.48. The van der Waals surface area contributed by atoms with Crippen molar-refractivity contribution in [3.8, 4) is 5.75 Å². The van der Waals surface area contributed by atoms with Crippen molar-refractivity contribution in [2.75, 3.05) is 6.61 Å². The second-order valence-corrected chi connectivity index (χ2v) is 8.28. The molecule has 0 spiro atoms. The Balaban J connectivity index is 1.40. The molecule has 2 aromatic heterocycles. The molecule has 2 heterocycles. The fraction of sp³-hybridized carbons (Fsp3) is 0.333. The second kappa shape index (κ2) is 7.79. The number of aromatic nitrogens is 2. The number of carbonyl (C=O) groups excluding carboxylic acids is 2. The maximum Gasteiger partial charge on any atom is 0.280 e. The predicted octanol–water partition coefficient (Wildman–Crippen LogP) is 3.33. The number of ether oxygens (including phenoxy) is 1. The lowest BCUT2D eigenvalue weighted by atomic mass is 10.1. The molecule has 1 aromatic carbocycles. The summed E-state index contributed by atoms with van der Waals surface area (Å²) in [6, 6.07) is 7.42. The average molecular weight is 410 g/mol. The van der Waals surface area contributed by atoms with E-state index < -0.39 is 5.91 Å². The van der Waals surface area contributed by atoms with Crippen molar-refractivity contribution in [2.45, 2.75) is 39.5 Å². The van der Waals surface area contributed by atoms with Crippen molar-refractivity contribution in [3.05, 3.63) is 51.8 Å². The van der Waals surface area contributed by atoms with Crippen LogP contribution in [-0.2, 0) is 4.79 Å². The Bertz CT molecular complexity index is 1100. The van der Waals surface area contributed by atoms with Crippen molar-refractivity contribution in [2.24, 2.45) is 0 Å². The van der Waals surface area contributed by atoms with Gasteiger partial charge in [0.15, 0.2) is 6.61 Å². The molecule has 150 valence electrons. The SMILES string of the molecule is Cc1cccc(OCC(=O)NNC(=O)c2sc3nc(C4CC4)nc(C)c3c2C)c1. The molecule has 0 atom stereocenters. The summed E-state index contributed by atoms with van der Waals surface area (Å²) in [5.74, 6) is 1.11. The summed E-state index contributed by atoms with van der Waals surface area (Å²) in [7, 11) is 0. The van der Waals surface area contributed by atoms with Gasteiger partial charge in [0.1, 0.15) is 16.4 Å². The quantitative estimate of drug-likeness (QED) is 0.630. The van der Waals surface area contributed by atoms with Gasteiger partial charge in [-0.25, -0.2) is 9.97 Å². The zero-order valence-electron chi connectivity index (χ0n) is 16.5. The van der Waals surface area contributed by atoms with E-state index in [4.69, 9.17) is 4.74 Å². The highest BCUT2D eigenvalue weighted by molar-refractivity contribution is 7.20. The first kappa shape index (κ1) is 19.3. The minimum atomic E-state index is -0.439. The highest BCUT2D eigenvalue weighted by atomic mass is 32.1. The third-order valence-electron chi connectivity index (χ3n) is 4.81. The summed E-state index contributed by atoms with van der Waals surface area (Å²) < 4.78 is 5.44. The summed E-state index contributed by atoms with van der Waals surface area (Å²) in [5.41, 5.74) is 7.62. The molecule has 1 aliphatic carbocycles. The number of carbonyl (C=O) groups is 2. The van der Waals surface area contributed by atoms with Crippen molar-refractivity contribution in [1.29, 1.82) is 0 Å². The Morgan fingerprint density at radius 3 is 2.69 bits per heavy atom. The zero-order chi connectivity index (χ0) is 20.5. The number of fused-ring (bicyclic) bond motifs is 1. The molecule has 2 N–H and O–H groups in total. The van der Waals surface area contributed by atoms with Crippen LogP contribution < -0.4 is 15.6 Å². The second-order valence-electron chi connectivity index (χ2n) is 7.29. The number of hydrogen-bond acceptors (Lipinski definition) is 6. The minimum Gasteiger partial charge on any atom is -0.484 e. The Labute approximate surface area is 172 Å². The topological polar surface area (TPSA) is 93.2 Å². The lowest BCUT2D eigenvalue weighted by molar-refractivity contribution is -0.123. The number of benzene rings is 1. The molecule has 0 bridgehead atoms. The maximum atomic E-state index is 12.6. The van der Waals surface area contributed by atoms with Gasteiger partial charge in [-0.2, -0.15) is 0 Å². The molecule has 4 rings (SSSR count). The van der Waals surface area contributed by atoms with Gasteiger partial charge in [0.2, 0.25) is 0 Å². The summed E-state index contributed by atoms with van der Waals surface area (Å²) in [6.07, 6.45) is 2.25. The first-order chi connectivity index (χ1) is 13.9. The van der Waals surface area contributed by atoms with E-state index in [1.165, 1.54) is 11.3 Å². The fourth-order valence-corrected chi connectivity index (χ4v) is 4.31. The van der Waals surface area contributed by atoms with Crippen LogP contribution in [0, 0.1) is 20.8 Å². The number of hydrazine groups is 1. The van der Waals surface area contributed by atoms with E-state index in [9.17, 15) is 9.59 Å². The van der Waals surface area contributed by atoms with Crippen molar-refractivity contribution < 1.29 is 14.3 Å². The van der Waals surface area contributed by atoms with Gasteiger partial charge in [0, 0.05) is 11.3 Å². The zero-order valence-corrected chi connectivity index (χ0v) is 17.4. The first-order valence-corrected chi connectivity index (χ1v) is 10.3. The van der Waals surface area contributed by atoms with Gasteiger partial charge in [-0.15, -0.1) is 11.3 Å². The predicted molar refractivity (Wildman–Crippen MR) is 111 cm³/mol. The Morgan fingerprint density at radius 1 is 1.17 bits per heavy atom. The number of nitrogens with zero attached hydrogens (tertiary/aromatic N) is 2. The van der Waals surface area contributed by atoms with Gasteiger partial charge in [-0.05, 0) is 56.9 Å². The number of rotatable bonds is 5. The standard InChI is InChI=1S/C21H22N4O3S/c1-11-5-4-6-15(9-11)28-10-16(26)24-25-20(27)18-12(2)17-13(3)22-19(14-7-8-14)23-21(17)29-18/h4-6,9,14H,7-8,10H2,1-3H3,(H,24,26)(H,25,27). The summed E-state index contributed by atoms with van der Waals surface area (Å²) in [4.78, 5) is 35.2. The van der Waals surface area contributed by atoms with Crippen LogP contribution in [0.15, 0.2) is 24.3 Å². The molecule has 0 saturated heterocycles. The molecule has 29 heavy (non-hydrogen) atoms. The molecule has 0 aliphatic heterocycles. The van der Waals surface area contributed by atoms with Crippen LogP contribution in [0.25, 0.3) is 10.2 Å². The highest BCUT2D eigenvalue weighted by Crippen LogP contribution is 2.40. The van der Waals surface area contributed by atoms with Crippen LogP contribution >= 0.6 is 11.3 Å². The van der Waals surface area contributed by atoms with Crippen molar-refractivity contribution in [1.82, 2.24) is 20.8 Å². The Kier molecular flexibility index (Phi) is 5.19. The normalized spacial score (nSPS) is 13.3. The van der Waals surface area contributed by atoms with Crippen LogP contribution in [0.3, 0.4) is 0 Å². The van der Waals surface area contributed by atoms with E-state index in [2.05, 4.69) is 20.8 Å². The van der Waals surface area contributed by atoms with Gasteiger partial charge >= 0.3 is 0 Å². The van der Waals surface area contributed by atoms with E-state index in [-0.39, 0.29) is 12.5 Å². The highest BCUT2D eigenvalue weighted by Gasteiger charge is 2.28. The molecule has 1 saturated carbocycles. The number of thiophene rings is 1. The van der Waals surface area contributed by atoms with Gasteiger partial charge in [-0.1, -0.05) is 12.1 Å². The average Bonchev–Trinajstić information content (AvgIpc) is 3.48. The molecule has 1 aliphatic rings. The van der Waals surface area contributed by atoms with E-state index in [0.717, 1.165) is 45.7 Å². The molecule has 8 heteroatoms. The number of hydrogen-bond donors (Lipinski definition) is 2. The van der Waals surface area contributed by atoms with Crippen molar-refractivity contribution >= 4 is 33.4 Å². The molecule has 7 nitrogen and oxygen atoms in total. The van der Waals surface area contributed by atoms with Crippen molar-refractivity contribution in [3.63, 3.8) is 0 Å². The Hall–Kier alpha value is -3.00.